The summed E-state index contributed by atoms with van der Waals surface area (Å²) in [6, 6.07) is 0. The molecular formula is C11H21NO4. The van der Waals surface area contributed by atoms with Crippen LogP contribution < -0.4 is 0 Å². The molecule has 1 aliphatic heterocycles. The Labute approximate surface area is 95.9 Å². The van der Waals surface area contributed by atoms with Crippen LogP contribution in [0.4, 0.5) is 0 Å². The van der Waals surface area contributed by atoms with Crippen LogP contribution in [0.5, 0.6) is 0 Å². The Morgan fingerprint density at radius 1 is 1.06 bits per heavy atom. The minimum atomic E-state index is -0.0144. The maximum atomic E-state index is 8.82. The summed E-state index contributed by atoms with van der Waals surface area (Å²) in [6.45, 7) is 3.04. The maximum absolute atomic E-state index is 8.82. The first-order chi connectivity index (χ1) is 7.81. The van der Waals surface area contributed by atoms with Gasteiger partial charge in [-0.15, -0.1) is 0 Å². The summed E-state index contributed by atoms with van der Waals surface area (Å²) in [6.07, 6.45) is 4.31. The number of hydrogen-bond acceptors (Lipinski definition) is 5. The molecule has 94 valence electrons. The lowest BCUT2D eigenvalue weighted by molar-refractivity contribution is -0.312. The fourth-order valence-corrected chi connectivity index (χ4v) is 2.40. The lowest BCUT2D eigenvalue weighted by Gasteiger charge is -2.38. The Bertz CT molecular complexity index is 200. The summed E-state index contributed by atoms with van der Waals surface area (Å²) in [7, 11) is 0. The largest absolute Gasteiger partial charge is 0.395 e. The molecule has 5 heteroatoms. The van der Waals surface area contributed by atoms with Gasteiger partial charge in [-0.05, 0) is 12.8 Å². The number of aliphatic hydroxyl groups is 1. The number of hydrogen-bond donors (Lipinski definition) is 2. The highest BCUT2D eigenvalue weighted by molar-refractivity contribution is 4.82. The molecule has 0 bridgehead atoms. The van der Waals surface area contributed by atoms with Crippen LogP contribution in [0.25, 0.3) is 0 Å². The van der Waals surface area contributed by atoms with Crippen LogP contribution in [-0.4, -0.2) is 59.8 Å². The molecular weight excluding hydrogens is 210 g/mol. The molecule has 2 fully saturated rings. The molecule has 1 saturated carbocycles. The van der Waals surface area contributed by atoms with Gasteiger partial charge in [-0.1, -0.05) is 0 Å². The molecule has 0 aromatic carbocycles. The number of piperidine rings is 1. The van der Waals surface area contributed by atoms with Crippen molar-refractivity contribution in [3.8, 4) is 0 Å². The van der Waals surface area contributed by atoms with Crippen LogP contribution in [0.15, 0.2) is 0 Å². The Balaban J connectivity index is 1.59. The van der Waals surface area contributed by atoms with E-state index >= 15 is 0 Å². The maximum Gasteiger partial charge on any atom is 0.0976 e. The normalized spacial score (nSPS) is 32.6. The number of rotatable bonds is 5. The second-order valence-corrected chi connectivity index (χ2v) is 4.72. The number of nitrogens with zero attached hydrogens (tertiary/aromatic N) is 1. The Kier molecular flexibility index (Phi) is 4.55. The van der Waals surface area contributed by atoms with E-state index in [0.717, 1.165) is 45.3 Å². The van der Waals surface area contributed by atoms with Gasteiger partial charge in [0.25, 0.3) is 0 Å². The molecule has 0 atom stereocenters. The van der Waals surface area contributed by atoms with Crippen molar-refractivity contribution in [1.29, 1.82) is 0 Å². The topological polar surface area (TPSA) is 62.2 Å². The fraction of sp³-hybridized carbons (Fsp3) is 1.00. The van der Waals surface area contributed by atoms with Crippen molar-refractivity contribution in [2.75, 3.05) is 26.2 Å². The van der Waals surface area contributed by atoms with Crippen LogP contribution in [-0.2, 0) is 9.62 Å². The smallest absolute Gasteiger partial charge is 0.0976 e. The molecule has 2 rings (SSSR count). The molecule has 0 aromatic rings. The average molecular weight is 231 g/mol. The summed E-state index contributed by atoms with van der Waals surface area (Å²) in [5, 5.41) is 17.2. The van der Waals surface area contributed by atoms with Gasteiger partial charge in [0.15, 0.2) is 0 Å². The lowest BCUT2D eigenvalue weighted by Crippen LogP contribution is -2.43. The molecule has 2 N–H and O–H groups in total. The first kappa shape index (κ1) is 12.3. The molecule has 16 heavy (non-hydrogen) atoms. The van der Waals surface area contributed by atoms with E-state index in [0.29, 0.717) is 6.10 Å². The van der Waals surface area contributed by atoms with Gasteiger partial charge in [-0.3, -0.25) is 5.26 Å². The molecule has 0 radical (unpaired) electrons. The van der Waals surface area contributed by atoms with Gasteiger partial charge < -0.3 is 14.7 Å². The van der Waals surface area contributed by atoms with E-state index in [-0.39, 0.29) is 18.8 Å². The average Bonchev–Trinajstić information content (AvgIpc) is 2.25. The van der Waals surface area contributed by atoms with E-state index in [2.05, 4.69) is 9.79 Å². The van der Waals surface area contributed by atoms with E-state index in [1.54, 1.807) is 0 Å². The van der Waals surface area contributed by atoms with Crippen LogP contribution in [0, 0.1) is 0 Å². The van der Waals surface area contributed by atoms with E-state index in [1.165, 1.54) is 0 Å². The molecule has 0 spiro atoms. The number of β-amino-alcohol motifs (C(OH)–C–C–N with tert-alkyl or cyclic N) is 1. The molecule has 1 saturated heterocycles. The van der Waals surface area contributed by atoms with Crippen molar-refractivity contribution in [2.24, 2.45) is 0 Å². The minimum absolute atomic E-state index is 0.0144. The van der Waals surface area contributed by atoms with Crippen LogP contribution in [0.2, 0.25) is 0 Å². The van der Waals surface area contributed by atoms with Crippen molar-refractivity contribution >= 4 is 0 Å². The molecule has 5 nitrogen and oxygen atoms in total. The zero-order chi connectivity index (χ0) is 11.4. The Morgan fingerprint density at radius 3 is 2.31 bits per heavy atom. The van der Waals surface area contributed by atoms with Crippen molar-refractivity contribution < 1.29 is 20.0 Å². The van der Waals surface area contributed by atoms with Crippen LogP contribution >= 0.6 is 0 Å². The van der Waals surface area contributed by atoms with Gasteiger partial charge in [0, 0.05) is 32.5 Å². The van der Waals surface area contributed by atoms with Gasteiger partial charge in [0.2, 0.25) is 0 Å². The van der Waals surface area contributed by atoms with E-state index < -0.39 is 0 Å². The van der Waals surface area contributed by atoms with Crippen molar-refractivity contribution in [1.82, 2.24) is 4.90 Å². The molecule has 0 aromatic heterocycles. The van der Waals surface area contributed by atoms with Gasteiger partial charge in [-0.25, -0.2) is 4.89 Å². The molecule has 1 heterocycles. The zero-order valence-corrected chi connectivity index (χ0v) is 9.55. The van der Waals surface area contributed by atoms with Crippen molar-refractivity contribution in [2.45, 2.75) is 44.0 Å². The fourth-order valence-electron chi connectivity index (χ4n) is 2.40. The predicted molar refractivity (Wildman–Crippen MR) is 58.2 cm³/mol. The predicted octanol–water partition coefficient (Wildman–Crippen LogP) is 0.480. The second-order valence-electron chi connectivity index (χ2n) is 4.72. The quantitative estimate of drug-likeness (QED) is 0.532. The minimum Gasteiger partial charge on any atom is -0.395 e. The summed E-state index contributed by atoms with van der Waals surface area (Å²) in [4.78, 5) is 6.50. The molecule has 0 amide bonds. The summed E-state index contributed by atoms with van der Waals surface area (Å²) < 4.78 is 5.91. The summed E-state index contributed by atoms with van der Waals surface area (Å²) in [5.41, 5.74) is 0. The number of aliphatic hydroxyl groups excluding tert-OH is 1. The second kappa shape index (κ2) is 5.93. The molecule has 2 aliphatic rings. The highest BCUT2D eigenvalue weighted by Gasteiger charge is 2.33. The SMILES string of the molecule is OCCN1CCC(OC2CC(OO)C2)CC1. The molecule has 1 aliphatic carbocycles. The highest BCUT2D eigenvalue weighted by atomic mass is 17.1. The van der Waals surface area contributed by atoms with Crippen molar-refractivity contribution in [3.05, 3.63) is 0 Å². The number of likely N-dealkylation sites (tertiary alicyclic amines) is 1. The standard InChI is InChI=1S/C11H21NO4/c13-6-5-12-3-1-9(2-4-12)15-10-7-11(8-10)16-14/h9-11,13-14H,1-8H2. The first-order valence-corrected chi connectivity index (χ1v) is 6.10. The zero-order valence-electron chi connectivity index (χ0n) is 9.55. The summed E-state index contributed by atoms with van der Waals surface area (Å²) in [5.74, 6) is 0. The Morgan fingerprint density at radius 2 is 1.75 bits per heavy atom. The van der Waals surface area contributed by atoms with Gasteiger partial charge in [0.1, 0.15) is 0 Å². The Hall–Kier alpha value is -0.200. The van der Waals surface area contributed by atoms with Gasteiger partial charge >= 0.3 is 0 Å². The lowest BCUT2D eigenvalue weighted by atomic mass is 9.91. The van der Waals surface area contributed by atoms with Gasteiger partial charge in [-0.2, -0.15) is 0 Å². The molecule has 0 unspecified atom stereocenters. The first-order valence-electron chi connectivity index (χ1n) is 6.10. The van der Waals surface area contributed by atoms with Gasteiger partial charge in [0.05, 0.1) is 24.9 Å². The monoisotopic (exact) mass is 231 g/mol. The third-order valence-corrected chi connectivity index (χ3v) is 3.54. The van der Waals surface area contributed by atoms with E-state index in [1.807, 2.05) is 0 Å². The third kappa shape index (κ3) is 3.15. The van der Waals surface area contributed by atoms with E-state index in [9.17, 15) is 0 Å². The van der Waals surface area contributed by atoms with Crippen LogP contribution in [0.3, 0.4) is 0 Å². The third-order valence-electron chi connectivity index (χ3n) is 3.54. The highest BCUT2D eigenvalue weighted by Crippen LogP contribution is 2.28. The number of ether oxygens (including phenoxy) is 1. The van der Waals surface area contributed by atoms with Crippen LogP contribution in [0.1, 0.15) is 25.7 Å². The van der Waals surface area contributed by atoms with Crippen molar-refractivity contribution in [3.63, 3.8) is 0 Å². The van der Waals surface area contributed by atoms with E-state index in [4.69, 9.17) is 15.1 Å². The summed E-state index contributed by atoms with van der Waals surface area (Å²) >= 11 is 0.